The first-order valence-electron chi connectivity index (χ1n) is 5.71. The second kappa shape index (κ2) is 7.37. The van der Waals surface area contributed by atoms with E-state index in [0.29, 0.717) is 24.4 Å². The summed E-state index contributed by atoms with van der Waals surface area (Å²) in [7, 11) is 1.54. The van der Waals surface area contributed by atoms with Crippen LogP contribution in [-0.4, -0.2) is 24.7 Å². The van der Waals surface area contributed by atoms with E-state index in [1.807, 2.05) is 0 Å². The van der Waals surface area contributed by atoms with Crippen LogP contribution in [0.3, 0.4) is 0 Å². The van der Waals surface area contributed by atoms with Gasteiger partial charge in [-0.3, -0.25) is 0 Å². The van der Waals surface area contributed by atoms with Crippen LogP contribution in [0.5, 0.6) is 5.75 Å². The number of nitrogens with one attached hydrogen (secondary N) is 1. The Bertz CT molecular complexity index is 410. The molecule has 0 aromatic heterocycles. The number of nitrogens with two attached hydrogens (primary N) is 1. The number of anilines is 1. The van der Waals surface area contributed by atoms with Gasteiger partial charge in [-0.25, -0.2) is 4.39 Å². The molecule has 0 heterocycles. The zero-order valence-corrected chi connectivity index (χ0v) is 10.3. The molecule has 0 spiro atoms. The quantitative estimate of drug-likeness (QED) is 0.229. The Morgan fingerprint density at radius 1 is 1.50 bits per heavy atom. The number of amidine groups is 1. The fourth-order valence-corrected chi connectivity index (χ4v) is 1.47. The summed E-state index contributed by atoms with van der Waals surface area (Å²) in [4.78, 5) is 0. The van der Waals surface area contributed by atoms with Gasteiger partial charge in [-0.2, -0.15) is 0 Å². The maximum Gasteiger partial charge on any atom is 0.146 e. The summed E-state index contributed by atoms with van der Waals surface area (Å²) in [6.07, 6.45) is 2.10. The van der Waals surface area contributed by atoms with E-state index in [9.17, 15) is 4.39 Å². The third kappa shape index (κ3) is 4.48. The highest BCUT2D eigenvalue weighted by Gasteiger charge is 2.03. The highest BCUT2D eigenvalue weighted by molar-refractivity contribution is 5.79. The fourth-order valence-electron chi connectivity index (χ4n) is 1.47. The lowest BCUT2D eigenvalue weighted by Gasteiger charge is -2.09. The van der Waals surface area contributed by atoms with Gasteiger partial charge in [-0.15, -0.1) is 0 Å². The fraction of sp³-hybridized carbons (Fsp3) is 0.417. The van der Waals surface area contributed by atoms with Gasteiger partial charge < -0.3 is 21.0 Å². The predicted octanol–water partition coefficient (Wildman–Crippen LogP) is 2.16. The van der Waals surface area contributed by atoms with Crippen LogP contribution < -0.4 is 15.8 Å². The molecular formula is C12H18FN3O2. The first-order valence-corrected chi connectivity index (χ1v) is 5.71. The molecule has 1 rings (SSSR count). The lowest BCUT2D eigenvalue weighted by atomic mass is 10.2. The third-order valence-corrected chi connectivity index (χ3v) is 2.48. The normalized spacial score (nSPS) is 11.3. The predicted molar refractivity (Wildman–Crippen MR) is 68.7 cm³/mol. The highest BCUT2D eigenvalue weighted by atomic mass is 19.1. The van der Waals surface area contributed by atoms with Gasteiger partial charge in [0.2, 0.25) is 0 Å². The minimum Gasteiger partial charge on any atom is -0.497 e. The van der Waals surface area contributed by atoms with Gasteiger partial charge in [0.05, 0.1) is 12.8 Å². The molecule has 100 valence electrons. The largest absolute Gasteiger partial charge is 0.497 e. The average molecular weight is 255 g/mol. The number of unbranched alkanes of at least 4 members (excludes halogenated alkanes) is 1. The molecule has 4 N–H and O–H groups in total. The molecule has 0 aliphatic carbocycles. The Hall–Kier alpha value is -1.98. The summed E-state index contributed by atoms with van der Waals surface area (Å²) in [5.74, 6) is 0.505. The molecule has 0 fully saturated rings. The Morgan fingerprint density at radius 3 is 2.94 bits per heavy atom. The second-order valence-electron chi connectivity index (χ2n) is 3.82. The van der Waals surface area contributed by atoms with Crippen LogP contribution >= 0.6 is 0 Å². The first-order chi connectivity index (χ1) is 8.67. The van der Waals surface area contributed by atoms with E-state index < -0.39 is 0 Å². The van der Waals surface area contributed by atoms with Gasteiger partial charge in [-0.05, 0) is 25.0 Å². The number of benzene rings is 1. The Balaban J connectivity index is 2.35. The average Bonchev–Trinajstić information content (AvgIpc) is 2.40. The van der Waals surface area contributed by atoms with Crippen LogP contribution in [0.4, 0.5) is 10.1 Å². The third-order valence-electron chi connectivity index (χ3n) is 2.48. The summed E-state index contributed by atoms with van der Waals surface area (Å²) < 4.78 is 18.4. The van der Waals surface area contributed by atoms with Crippen molar-refractivity contribution in [2.45, 2.75) is 19.3 Å². The highest BCUT2D eigenvalue weighted by Crippen LogP contribution is 2.20. The lowest BCUT2D eigenvalue weighted by molar-refractivity contribution is 0.316. The maximum absolute atomic E-state index is 13.4. The van der Waals surface area contributed by atoms with Crippen LogP contribution in [0.1, 0.15) is 19.3 Å². The topological polar surface area (TPSA) is 79.9 Å². The molecule has 0 aliphatic rings. The molecule has 0 bridgehead atoms. The molecule has 1 aromatic rings. The van der Waals surface area contributed by atoms with Gasteiger partial charge in [-0.1, -0.05) is 5.16 Å². The Labute approximate surface area is 105 Å². The van der Waals surface area contributed by atoms with Crippen LogP contribution in [0.15, 0.2) is 23.4 Å². The molecule has 18 heavy (non-hydrogen) atoms. The van der Waals surface area contributed by atoms with Crippen LogP contribution in [0.25, 0.3) is 0 Å². The van der Waals surface area contributed by atoms with E-state index in [2.05, 4.69) is 10.5 Å². The number of rotatable bonds is 7. The first kappa shape index (κ1) is 14.1. The van der Waals surface area contributed by atoms with E-state index >= 15 is 0 Å². The number of ether oxygens (including phenoxy) is 1. The van der Waals surface area contributed by atoms with Gasteiger partial charge in [0.25, 0.3) is 0 Å². The molecule has 1 aromatic carbocycles. The van der Waals surface area contributed by atoms with Gasteiger partial charge in [0.15, 0.2) is 0 Å². The van der Waals surface area contributed by atoms with Crippen molar-refractivity contribution >= 4 is 11.5 Å². The van der Waals surface area contributed by atoms with Gasteiger partial charge in [0.1, 0.15) is 17.4 Å². The van der Waals surface area contributed by atoms with Crippen molar-refractivity contribution in [2.24, 2.45) is 10.9 Å². The molecule has 0 radical (unpaired) electrons. The van der Waals surface area contributed by atoms with Crippen molar-refractivity contribution < 1.29 is 14.3 Å². The smallest absolute Gasteiger partial charge is 0.146 e. The summed E-state index contributed by atoms with van der Waals surface area (Å²) >= 11 is 0. The SMILES string of the molecule is COc1ccc(F)c(NCCCCC(N)=NO)c1. The van der Waals surface area contributed by atoms with Gasteiger partial charge in [0, 0.05) is 19.0 Å². The zero-order valence-electron chi connectivity index (χ0n) is 10.3. The molecule has 0 aliphatic heterocycles. The monoisotopic (exact) mass is 255 g/mol. The maximum atomic E-state index is 13.4. The molecule has 0 saturated carbocycles. The molecule has 5 nitrogen and oxygen atoms in total. The zero-order chi connectivity index (χ0) is 13.4. The number of nitrogens with zero attached hydrogens (tertiary/aromatic N) is 1. The minimum atomic E-state index is -0.313. The van der Waals surface area contributed by atoms with E-state index in [-0.39, 0.29) is 11.7 Å². The Morgan fingerprint density at radius 2 is 2.28 bits per heavy atom. The summed E-state index contributed by atoms with van der Waals surface area (Å²) in [6.45, 7) is 0.614. The summed E-state index contributed by atoms with van der Waals surface area (Å²) in [5.41, 5.74) is 5.75. The standard InChI is InChI=1S/C12H18FN3O2/c1-18-9-5-6-10(13)11(8-9)15-7-3-2-4-12(14)16-17/h5-6,8,15,17H,2-4,7H2,1H3,(H2,14,16). The van der Waals surface area contributed by atoms with Crippen LogP contribution in [0, 0.1) is 5.82 Å². The van der Waals surface area contributed by atoms with E-state index in [1.165, 1.54) is 13.2 Å². The van der Waals surface area contributed by atoms with Gasteiger partial charge >= 0.3 is 0 Å². The van der Waals surface area contributed by atoms with Crippen LogP contribution in [-0.2, 0) is 0 Å². The molecule has 6 heteroatoms. The molecule has 0 saturated heterocycles. The molecule has 0 amide bonds. The van der Waals surface area contributed by atoms with Crippen molar-refractivity contribution in [1.29, 1.82) is 0 Å². The van der Waals surface area contributed by atoms with Crippen molar-refractivity contribution in [3.8, 4) is 5.75 Å². The van der Waals surface area contributed by atoms with Crippen molar-refractivity contribution in [2.75, 3.05) is 19.0 Å². The number of hydrogen-bond acceptors (Lipinski definition) is 4. The van der Waals surface area contributed by atoms with Crippen molar-refractivity contribution in [3.63, 3.8) is 0 Å². The van der Waals surface area contributed by atoms with Crippen molar-refractivity contribution in [1.82, 2.24) is 0 Å². The lowest BCUT2D eigenvalue weighted by Crippen LogP contribution is -2.12. The molecule has 0 atom stereocenters. The Kier molecular flexibility index (Phi) is 5.76. The number of methoxy groups -OCH3 is 1. The van der Waals surface area contributed by atoms with Crippen LogP contribution in [0.2, 0.25) is 0 Å². The number of oxime groups is 1. The number of hydrogen-bond donors (Lipinski definition) is 3. The molecule has 0 unspecified atom stereocenters. The minimum absolute atomic E-state index is 0.211. The number of halogens is 1. The molecular weight excluding hydrogens is 237 g/mol. The summed E-state index contributed by atoms with van der Waals surface area (Å²) in [6, 6.07) is 4.54. The van der Waals surface area contributed by atoms with Crippen molar-refractivity contribution in [3.05, 3.63) is 24.0 Å². The van der Waals surface area contributed by atoms with E-state index in [4.69, 9.17) is 15.7 Å². The van der Waals surface area contributed by atoms with E-state index in [1.54, 1.807) is 12.1 Å². The van der Waals surface area contributed by atoms with E-state index in [0.717, 1.165) is 12.8 Å². The second-order valence-corrected chi connectivity index (χ2v) is 3.82. The summed E-state index contributed by atoms with van der Waals surface area (Å²) in [5, 5.41) is 14.2.